The van der Waals surface area contributed by atoms with Crippen molar-refractivity contribution in [1.29, 1.82) is 0 Å². The summed E-state index contributed by atoms with van der Waals surface area (Å²) < 4.78 is 1.57. The van der Waals surface area contributed by atoms with Gasteiger partial charge in [-0.3, -0.25) is 4.79 Å². The Balaban J connectivity index is 1.94. The van der Waals surface area contributed by atoms with Gasteiger partial charge in [0.25, 0.3) is 5.78 Å². The second-order valence-electron chi connectivity index (χ2n) is 3.14. The zero-order chi connectivity index (χ0) is 12.1. The van der Waals surface area contributed by atoms with Crippen molar-refractivity contribution in [3.63, 3.8) is 0 Å². The van der Waals surface area contributed by atoms with Gasteiger partial charge in [-0.1, -0.05) is 17.8 Å². The van der Waals surface area contributed by atoms with E-state index >= 15 is 0 Å². The fraction of sp³-hybridized carbons (Fsp3) is 0.200. The number of hydrogen-bond acceptors (Lipinski definition) is 5. The molecule has 0 saturated heterocycles. The lowest BCUT2D eigenvalue weighted by Crippen LogP contribution is -2.24. The van der Waals surface area contributed by atoms with Crippen molar-refractivity contribution >= 4 is 23.4 Å². The summed E-state index contributed by atoms with van der Waals surface area (Å²) in [6.07, 6.45) is 5.04. The van der Waals surface area contributed by atoms with Crippen LogP contribution in [-0.4, -0.2) is 37.8 Å². The first kappa shape index (κ1) is 11.6. The zero-order valence-corrected chi connectivity index (χ0v) is 9.85. The number of aromatic nitrogens is 4. The Labute approximate surface area is 102 Å². The van der Waals surface area contributed by atoms with E-state index in [2.05, 4.69) is 27.0 Å². The quantitative estimate of drug-likeness (QED) is 0.618. The van der Waals surface area contributed by atoms with Gasteiger partial charge in [-0.25, -0.2) is 9.50 Å². The Morgan fingerprint density at radius 2 is 2.53 bits per heavy atom. The predicted molar refractivity (Wildman–Crippen MR) is 64.7 cm³/mol. The standard InChI is InChI=1S/C10H11N5OS/c1-2-4-11-8(16)7-17-10-13-9-12-5-3-6-15(9)14-10/h2-3,5-6H,1,4,7H2,(H,11,16). The van der Waals surface area contributed by atoms with Gasteiger partial charge in [-0.2, -0.15) is 4.98 Å². The summed E-state index contributed by atoms with van der Waals surface area (Å²) >= 11 is 1.28. The van der Waals surface area contributed by atoms with E-state index in [1.807, 2.05) is 0 Å². The SMILES string of the molecule is C=CCNC(=O)CSc1nc2ncccn2n1. The van der Waals surface area contributed by atoms with Gasteiger partial charge in [0, 0.05) is 18.9 Å². The lowest BCUT2D eigenvalue weighted by atomic mass is 10.6. The molecule has 6 nitrogen and oxygen atoms in total. The van der Waals surface area contributed by atoms with Gasteiger partial charge in [-0.05, 0) is 6.07 Å². The maximum atomic E-state index is 11.3. The van der Waals surface area contributed by atoms with E-state index in [1.54, 1.807) is 29.1 Å². The molecule has 88 valence electrons. The van der Waals surface area contributed by atoms with Gasteiger partial charge < -0.3 is 5.32 Å². The number of amides is 1. The Morgan fingerprint density at radius 1 is 1.65 bits per heavy atom. The van der Waals surface area contributed by atoms with Crippen LogP contribution in [0.5, 0.6) is 0 Å². The third-order valence-electron chi connectivity index (χ3n) is 1.87. The number of rotatable bonds is 5. The largest absolute Gasteiger partial charge is 0.352 e. The molecule has 0 bridgehead atoms. The summed E-state index contributed by atoms with van der Waals surface area (Å²) in [5.74, 6) is 0.744. The molecule has 2 aromatic heterocycles. The highest BCUT2D eigenvalue weighted by atomic mass is 32.2. The number of nitrogens with zero attached hydrogens (tertiary/aromatic N) is 4. The molecule has 0 aliphatic rings. The van der Waals surface area contributed by atoms with E-state index in [0.717, 1.165) is 0 Å². The summed E-state index contributed by atoms with van der Waals surface area (Å²) in [5.41, 5.74) is 0. The van der Waals surface area contributed by atoms with Crippen molar-refractivity contribution in [1.82, 2.24) is 24.9 Å². The third kappa shape index (κ3) is 3.04. The Kier molecular flexibility index (Phi) is 3.71. The number of hydrogen-bond donors (Lipinski definition) is 1. The van der Waals surface area contributed by atoms with Gasteiger partial charge >= 0.3 is 0 Å². The molecule has 1 N–H and O–H groups in total. The van der Waals surface area contributed by atoms with E-state index in [1.165, 1.54) is 11.8 Å². The molecule has 0 unspecified atom stereocenters. The maximum absolute atomic E-state index is 11.3. The Morgan fingerprint density at radius 3 is 3.29 bits per heavy atom. The van der Waals surface area contributed by atoms with Crippen LogP contribution in [0.4, 0.5) is 0 Å². The van der Waals surface area contributed by atoms with Crippen LogP contribution in [0.1, 0.15) is 0 Å². The zero-order valence-electron chi connectivity index (χ0n) is 9.04. The van der Waals surface area contributed by atoms with Gasteiger partial charge in [-0.15, -0.1) is 11.7 Å². The first-order chi connectivity index (χ1) is 8.29. The number of fused-ring (bicyclic) bond motifs is 1. The van der Waals surface area contributed by atoms with E-state index in [-0.39, 0.29) is 11.7 Å². The predicted octanol–water partition coefficient (Wildman–Crippen LogP) is 0.519. The van der Waals surface area contributed by atoms with Crippen LogP contribution in [0.25, 0.3) is 5.78 Å². The first-order valence-corrected chi connectivity index (χ1v) is 5.96. The lowest BCUT2D eigenvalue weighted by molar-refractivity contribution is -0.118. The summed E-state index contributed by atoms with van der Waals surface area (Å²) in [6, 6.07) is 1.77. The van der Waals surface area contributed by atoms with Crippen LogP contribution < -0.4 is 5.32 Å². The smallest absolute Gasteiger partial charge is 0.253 e. The van der Waals surface area contributed by atoms with E-state index in [4.69, 9.17) is 0 Å². The van der Waals surface area contributed by atoms with Crippen molar-refractivity contribution in [2.75, 3.05) is 12.3 Å². The fourth-order valence-corrected chi connectivity index (χ4v) is 1.80. The van der Waals surface area contributed by atoms with E-state index in [0.29, 0.717) is 17.5 Å². The molecule has 0 atom stereocenters. The molecular weight excluding hydrogens is 238 g/mol. The molecule has 7 heteroatoms. The minimum atomic E-state index is -0.0679. The van der Waals surface area contributed by atoms with Gasteiger partial charge in [0.2, 0.25) is 11.1 Å². The summed E-state index contributed by atoms with van der Waals surface area (Å²) in [7, 11) is 0. The topological polar surface area (TPSA) is 72.2 Å². The molecular formula is C10H11N5OS. The summed E-state index contributed by atoms with van der Waals surface area (Å²) in [4.78, 5) is 19.5. The van der Waals surface area contributed by atoms with Gasteiger partial charge in [0.1, 0.15) is 0 Å². The second kappa shape index (κ2) is 5.44. The molecule has 0 saturated carbocycles. The van der Waals surface area contributed by atoms with Crippen molar-refractivity contribution in [2.45, 2.75) is 5.16 Å². The number of carbonyl (C=O) groups is 1. The van der Waals surface area contributed by atoms with Crippen LogP contribution >= 0.6 is 11.8 Å². The number of nitrogens with one attached hydrogen (secondary N) is 1. The molecule has 0 fully saturated rings. The van der Waals surface area contributed by atoms with Crippen LogP contribution in [0.15, 0.2) is 36.3 Å². The minimum absolute atomic E-state index is 0.0679. The third-order valence-corrected chi connectivity index (χ3v) is 2.71. The molecule has 17 heavy (non-hydrogen) atoms. The minimum Gasteiger partial charge on any atom is -0.352 e. The van der Waals surface area contributed by atoms with E-state index in [9.17, 15) is 4.79 Å². The number of carbonyl (C=O) groups excluding carboxylic acids is 1. The van der Waals surface area contributed by atoms with Crippen molar-refractivity contribution in [3.8, 4) is 0 Å². The summed E-state index contributed by atoms with van der Waals surface area (Å²) in [5, 5.41) is 7.39. The maximum Gasteiger partial charge on any atom is 0.253 e. The van der Waals surface area contributed by atoms with Crippen LogP contribution in [0, 0.1) is 0 Å². The molecule has 0 spiro atoms. The average molecular weight is 249 g/mol. The Bertz CT molecular complexity index is 505. The highest BCUT2D eigenvalue weighted by molar-refractivity contribution is 7.99. The van der Waals surface area contributed by atoms with E-state index < -0.39 is 0 Å². The van der Waals surface area contributed by atoms with Crippen molar-refractivity contribution < 1.29 is 4.79 Å². The normalized spacial score (nSPS) is 10.4. The molecule has 0 aliphatic carbocycles. The van der Waals surface area contributed by atoms with Gasteiger partial charge in [0.15, 0.2) is 0 Å². The van der Waals surface area contributed by atoms with Gasteiger partial charge in [0.05, 0.1) is 5.75 Å². The Hall–Kier alpha value is -1.89. The monoisotopic (exact) mass is 249 g/mol. The highest BCUT2D eigenvalue weighted by Crippen LogP contribution is 2.12. The van der Waals surface area contributed by atoms with Crippen LogP contribution in [0.2, 0.25) is 0 Å². The number of thioether (sulfide) groups is 1. The van der Waals surface area contributed by atoms with Crippen molar-refractivity contribution in [2.24, 2.45) is 0 Å². The molecule has 0 aliphatic heterocycles. The second-order valence-corrected chi connectivity index (χ2v) is 4.08. The first-order valence-electron chi connectivity index (χ1n) is 4.97. The molecule has 0 radical (unpaired) electrons. The fourth-order valence-electron chi connectivity index (χ4n) is 1.14. The van der Waals surface area contributed by atoms with Crippen LogP contribution in [-0.2, 0) is 4.79 Å². The molecule has 2 rings (SSSR count). The molecule has 0 aromatic carbocycles. The molecule has 2 heterocycles. The summed E-state index contributed by atoms with van der Waals surface area (Å²) in [6.45, 7) is 3.99. The van der Waals surface area contributed by atoms with Crippen LogP contribution in [0.3, 0.4) is 0 Å². The molecule has 2 aromatic rings. The lowest BCUT2D eigenvalue weighted by Gasteiger charge is -1.98. The molecule has 1 amide bonds. The van der Waals surface area contributed by atoms with Crippen molar-refractivity contribution in [3.05, 3.63) is 31.1 Å². The highest BCUT2D eigenvalue weighted by Gasteiger charge is 2.07. The average Bonchev–Trinajstić information content (AvgIpc) is 2.76.